The van der Waals surface area contributed by atoms with Crippen LogP contribution in [0.15, 0.2) is 47.4 Å². The van der Waals surface area contributed by atoms with Crippen LogP contribution >= 0.6 is 0 Å². The molecule has 0 unspecified atom stereocenters. The number of amides is 1. The Morgan fingerprint density at radius 2 is 1.63 bits per heavy atom. The van der Waals surface area contributed by atoms with E-state index in [-0.39, 0.29) is 17.2 Å². The van der Waals surface area contributed by atoms with Gasteiger partial charge in [0.05, 0.1) is 11.4 Å². The van der Waals surface area contributed by atoms with Crippen molar-refractivity contribution >= 4 is 27.4 Å². The first-order valence-corrected chi connectivity index (χ1v) is 10.4. The van der Waals surface area contributed by atoms with E-state index in [1.807, 2.05) is 6.07 Å². The quantitative estimate of drug-likeness (QED) is 0.747. The first-order chi connectivity index (χ1) is 12.8. The fraction of sp³-hybridized carbons (Fsp3) is 0.300. The fourth-order valence-electron chi connectivity index (χ4n) is 3.11. The molecule has 0 heterocycles. The second-order valence-corrected chi connectivity index (χ2v) is 8.41. The van der Waals surface area contributed by atoms with Gasteiger partial charge in [-0.1, -0.05) is 6.07 Å². The second-order valence-electron chi connectivity index (χ2n) is 6.64. The van der Waals surface area contributed by atoms with Crippen LogP contribution in [0, 0.1) is 0 Å². The van der Waals surface area contributed by atoms with E-state index in [1.54, 1.807) is 36.4 Å². The molecule has 142 valence electrons. The van der Waals surface area contributed by atoms with Gasteiger partial charge in [0.15, 0.2) is 5.78 Å². The number of ketones is 1. The van der Waals surface area contributed by atoms with Crippen molar-refractivity contribution in [2.45, 2.75) is 37.5 Å². The number of carbonyl (C=O) groups is 2. The van der Waals surface area contributed by atoms with E-state index < -0.39 is 15.9 Å². The molecule has 2 N–H and O–H groups in total. The molecule has 0 atom stereocenters. The van der Waals surface area contributed by atoms with Crippen molar-refractivity contribution in [2.24, 2.45) is 0 Å². The van der Waals surface area contributed by atoms with E-state index >= 15 is 0 Å². The summed E-state index contributed by atoms with van der Waals surface area (Å²) in [5, 5.41) is 2.60. The normalized spacial score (nSPS) is 13.7. The maximum atomic E-state index is 12.5. The summed E-state index contributed by atoms with van der Waals surface area (Å²) in [6, 6.07) is 11.6. The highest BCUT2D eigenvalue weighted by Gasteiger charge is 2.18. The molecule has 27 heavy (non-hydrogen) atoms. The van der Waals surface area contributed by atoms with Gasteiger partial charge in [0.2, 0.25) is 15.9 Å². The topological polar surface area (TPSA) is 92.3 Å². The summed E-state index contributed by atoms with van der Waals surface area (Å²) < 4.78 is 27.3. The SMILES string of the molecule is CC(=O)c1ccc(NC(=O)CNS(=O)(=O)c2ccc3c(c2)CCCC3)cc1. The largest absolute Gasteiger partial charge is 0.325 e. The second kappa shape index (κ2) is 8.02. The Labute approximate surface area is 159 Å². The summed E-state index contributed by atoms with van der Waals surface area (Å²) in [6.45, 7) is 1.09. The van der Waals surface area contributed by atoms with Gasteiger partial charge in [-0.15, -0.1) is 0 Å². The van der Waals surface area contributed by atoms with Gasteiger partial charge in [-0.05, 0) is 80.1 Å². The molecule has 0 bridgehead atoms. The number of hydrogen-bond acceptors (Lipinski definition) is 4. The molecule has 2 aromatic rings. The number of benzene rings is 2. The molecule has 7 heteroatoms. The van der Waals surface area contributed by atoms with Crippen LogP contribution in [0.1, 0.15) is 41.3 Å². The van der Waals surface area contributed by atoms with Crippen LogP contribution in [0.2, 0.25) is 0 Å². The smallest absolute Gasteiger partial charge is 0.241 e. The Bertz CT molecular complexity index is 966. The summed E-state index contributed by atoms with van der Waals surface area (Å²) >= 11 is 0. The number of carbonyl (C=O) groups excluding carboxylic acids is 2. The lowest BCUT2D eigenvalue weighted by atomic mass is 9.92. The Morgan fingerprint density at radius 1 is 0.963 bits per heavy atom. The number of anilines is 1. The van der Waals surface area contributed by atoms with Crippen molar-refractivity contribution in [3.63, 3.8) is 0 Å². The van der Waals surface area contributed by atoms with Gasteiger partial charge in [-0.2, -0.15) is 0 Å². The van der Waals surface area contributed by atoms with Gasteiger partial charge in [-0.25, -0.2) is 13.1 Å². The zero-order valence-electron chi connectivity index (χ0n) is 15.1. The van der Waals surface area contributed by atoms with E-state index in [2.05, 4.69) is 10.0 Å². The Balaban J connectivity index is 1.61. The third-order valence-corrected chi connectivity index (χ3v) is 6.03. The minimum atomic E-state index is -3.75. The van der Waals surface area contributed by atoms with Crippen LogP contribution in [-0.4, -0.2) is 26.7 Å². The molecule has 1 aliphatic rings. The van der Waals surface area contributed by atoms with Crippen molar-refractivity contribution in [3.05, 3.63) is 59.2 Å². The fourth-order valence-corrected chi connectivity index (χ4v) is 4.15. The molecule has 0 aliphatic heterocycles. The zero-order valence-corrected chi connectivity index (χ0v) is 15.9. The third-order valence-electron chi connectivity index (χ3n) is 4.63. The lowest BCUT2D eigenvalue weighted by Crippen LogP contribution is -2.33. The van der Waals surface area contributed by atoms with Crippen molar-refractivity contribution in [3.8, 4) is 0 Å². The first-order valence-electron chi connectivity index (χ1n) is 8.87. The number of nitrogens with one attached hydrogen (secondary N) is 2. The van der Waals surface area contributed by atoms with Gasteiger partial charge < -0.3 is 5.32 Å². The standard InChI is InChI=1S/C20H22N2O4S/c1-14(23)15-6-9-18(10-7-15)22-20(24)13-21-27(25,26)19-11-8-16-4-2-3-5-17(16)12-19/h6-12,21H,2-5,13H2,1H3,(H,22,24). The maximum Gasteiger partial charge on any atom is 0.241 e. The van der Waals surface area contributed by atoms with Crippen molar-refractivity contribution in [1.82, 2.24) is 4.72 Å². The van der Waals surface area contributed by atoms with Gasteiger partial charge in [0, 0.05) is 11.3 Å². The monoisotopic (exact) mass is 386 g/mol. The van der Waals surface area contributed by atoms with Crippen LogP contribution < -0.4 is 10.0 Å². The van der Waals surface area contributed by atoms with Crippen LogP contribution in [0.3, 0.4) is 0 Å². The Hall–Kier alpha value is -2.51. The number of aryl methyl sites for hydroxylation is 2. The van der Waals surface area contributed by atoms with Crippen LogP contribution in [0.4, 0.5) is 5.69 Å². The van der Waals surface area contributed by atoms with Crippen molar-refractivity contribution < 1.29 is 18.0 Å². The number of hydrogen-bond donors (Lipinski definition) is 2. The van der Waals surface area contributed by atoms with Crippen LogP contribution in [0.5, 0.6) is 0 Å². The van der Waals surface area contributed by atoms with Crippen molar-refractivity contribution in [1.29, 1.82) is 0 Å². The molecule has 3 rings (SSSR count). The van der Waals surface area contributed by atoms with Crippen LogP contribution in [0.25, 0.3) is 0 Å². The van der Waals surface area contributed by atoms with Gasteiger partial charge >= 0.3 is 0 Å². The predicted octanol–water partition coefficient (Wildman–Crippen LogP) is 2.69. The molecule has 0 saturated carbocycles. The number of fused-ring (bicyclic) bond motifs is 1. The summed E-state index contributed by atoms with van der Waals surface area (Å²) in [5.41, 5.74) is 3.31. The average Bonchev–Trinajstić information content (AvgIpc) is 2.66. The number of Topliss-reactive ketones (excluding diaryl/α,β-unsaturated/α-hetero) is 1. The van der Waals surface area contributed by atoms with E-state index in [9.17, 15) is 18.0 Å². The molecule has 0 radical (unpaired) electrons. The van der Waals surface area contributed by atoms with E-state index in [1.165, 1.54) is 12.5 Å². The highest BCUT2D eigenvalue weighted by molar-refractivity contribution is 7.89. The van der Waals surface area contributed by atoms with Gasteiger partial charge in [0.1, 0.15) is 0 Å². The Kier molecular flexibility index (Phi) is 5.72. The van der Waals surface area contributed by atoms with E-state index in [0.717, 1.165) is 31.2 Å². The molecular weight excluding hydrogens is 364 g/mol. The Morgan fingerprint density at radius 3 is 2.30 bits per heavy atom. The molecule has 1 amide bonds. The number of rotatable bonds is 6. The summed E-state index contributed by atoms with van der Waals surface area (Å²) in [6.07, 6.45) is 4.06. The first kappa shape index (κ1) is 19.3. The summed E-state index contributed by atoms with van der Waals surface area (Å²) in [7, 11) is -3.75. The number of sulfonamides is 1. The highest BCUT2D eigenvalue weighted by atomic mass is 32.2. The summed E-state index contributed by atoms with van der Waals surface area (Å²) in [5.74, 6) is -0.544. The molecule has 6 nitrogen and oxygen atoms in total. The minimum Gasteiger partial charge on any atom is -0.325 e. The minimum absolute atomic E-state index is 0.0642. The molecule has 0 spiro atoms. The lowest BCUT2D eigenvalue weighted by molar-refractivity contribution is -0.115. The van der Waals surface area contributed by atoms with Crippen LogP contribution in [-0.2, 0) is 27.7 Å². The molecule has 0 aromatic heterocycles. The third kappa shape index (κ3) is 4.81. The van der Waals surface area contributed by atoms with Gasteiger partial charge in [0.25, 0.3) is 0 Å². The summed E-state index contributed by atoms with van der Waals surface area (Å²) in [4.78, 5) is 23.5. The van der Waals surface area contributed by atoms with Gasteiger partial charge in [-0.3, -0.25) is 9.59 Å². The van der Waals surface area contributed by atoms with Crippen molar-refractivity contribution in [2.75, 3.05) is 11.9 Å². The van der Waals surface area contributed by atoms with E-state index in [4.69, 9.17) is 0 Å². The highest BCUT2D eigenvalue weighted by Crippen LogP contribution is 2.24. The predicted molar refractivity (Wildman–Crippen MR) is 103 cm³/mol. The average molecular weight is 386 g/mol. The van der Waals surface area contributed by atoms with E-state index in [0.29, 0.717) is 11.3 Å². The molecule has 0 saturated heterocycles. The zero-order chi connectivity index (χ0) is 19.4. The lowest BCUT2D eigenvalue weighted by Gasteiger charge is -2.16. The molecule has 1 aliphatic carbocycles. The maximum absolute atomic E-state index is 12.5. The molecule has 0 fully saturated rings. The molecular formula is C20H22N2O4S. The molecule has 2 aromatic carbocycles.